The number of carbonyl (C=O) groups excluding carboxylic acids is 1. The normalized spacial score (nSPS) is 19.4. The molecule has 118 valence electrons. The minimum Gasteiger partial charge on any atom is -0.360 e. The average Bonchev–Trinajstić information content (AvgIpc) is 2.82. The molecule has 7 heteroatoms. The zero-order valence-electron chi connectivity index (χ0n) is 11.8. The number of carbonyl (C=O) groups is 1. The first-order valence-corrected chi connectivity index (χ1v) is 8.04. The van der Waals surface area contributed by atoms with Crippen molar-refractivity contribution in [3.05, 3.63) is 71.3 Å². The van der Waals surface area contributed by atoms with E-state index in [4.69, 9.17) is 0 Å². The van der Waals surface area contributed by atoms with Gasteiger partial charge in [-0.3, -0.25) is 13.9 Å². The first-order valence-electron chi connectivity index (χ1n) is 6.73. The van der Waals surface area contributed by atoms with Gasteiger partial charge >= 0.3 is 0 Å². The highest BCUT2D eigenvalue weighted by molar-refractivity contribution is 7.90. The van der Waals surface area contributed by atoms with Gasteiger partial charge < -0.3 is 5.32 Å². The molecule has 0 bridgehead atoms. The fourth-order valence-corrected chi connectivity index (χ4v) is 3.25. The molecule has 2 aromatic rings. The summed E-state index contributed by atoms with van der Waals surface area (Å²) in [4.78, 5) is 13.8. The van der Waals surface area contributed by atoms with Gasteiger partial charge in [-0.25, -0.2) is 8.78 Å². The van der Waals surface area contributed by atoms with Crippen molar-refractivity contribution in [1.82, 2.24) is 0 Å². The van der Waals surface area contributed by atoms with Crippen LogP contribution in [-0.4, -0.2) is 16.0 Å². The highest BCUT2D eigenvalue weighted by Crippen LogP contribution is 2.25. The third kappa shape index (κ3) is 3.29. The maximum atomic E-state index is 12.9. The Balaban J connectivity index is 1.79. The molecule has 23 heavy (non-hydrogen) atoms. The van der Waals surface area contributed by atoms with Crippen LogP contribution in [0.5, 0.6) is 0 Å². The first kappa shape index (κ1) is 15.4. The van der Waals surface area contributed by atoms with Crippen molar-refractivity contribution in [2.45, 2.75) is 0 Å². The number of anilines is 2. The summed E-state index contributed by atoms with van der Waals surface area (Å²) in [6, 6.07) is 11.0. The van der Waals surface area contributed by atoms with Crippen LogP contribution < -0.4 is 10.2 Å². The van der Waals surface area contributed by atoms with Crippen LogP contribution in [0.3, 0.4) is 0 Å². The molecule has 0 radical (unpaired) electrons. The van der Waals surface area contributed by atoms with Crippen LogP contribution in [-0.2, 0) is 15.6 Å². The second kappa shape index (κ2) is 6.29. The number of nitrogens with zero attached hydrogens (tertiary/aromatic N) is 1. The molecule has 1 aliphatic heterocycles. The fraction of sp³-hybridized carbons (Fsp3) is 0.0625. The van der Waals surface area contributed by atoms with Gasteiger partial charge in [-0.1, -0.05) is 0 Å². The highest BCUT2D eigenvalue weighted by atomic mass is 32.2. The third-order valence-electron chi connectivity index (χ3n) is 3.30. The van der Waals surface area contributed by atoms with Crippen LogP contribution in [0.4, 0.5) is 20.2 Å². The predicted molar refractivity (Wildman–Crippen MR) is 85.0 cm³/mol. The molecular formula is C16H12F2N2O2S. The zero-order valence-corrected chi connectivity index (χ0v) is 12.6. The standard InChI is InChI=1S/C16H12F2N2O2S/c17-11-1-5-13(6-2-11)19-9-15-16(21)20(10-23(15)22)14-7-3-12(18)4-8-14/h1-9,19H,10H2/b15-9+/t23-/m1/s1. The van der Waals surface area contributed by atoms with Crippen LogP contribution in [0.2, 0.25) is 0 Å². The Morgan fingerprint density at radius 2 is 1.57 bits per heavy atom. The molecule has 1 N–H and O–H groups in total. The van der Waals surface area contributed by atoms with E-state index in [-0.39, 0.29) is 16.6 Å². The van der Waals surface area contributed by atoms with Crippen LogP contribution in [0, 0.1) is 11.6 Å². The van der Waals surface area contributed by atoms with Crippen molar-refractivity contribution in [1.29, 1.82) is 0 Å². The van der Waals surface area contributed by atoms with Crippen molar-refractivity contribution >= 4 is 28.1 Å². The van der Waals surface area contributed by atoms with Crippen molar-refractivity contribution in [2.75, 3.05) is 16.1 Å². The Labute approximate surface area is 133 Å². The summed E-state index contributed by atoms with van der Waals surface area (Å²) in [7, 11) is -1.50. The van der Waals surface area contributed by atoms with Crippen LogP contribution >= 0.6 is 0 Å². The molecule has 1 saturated heterocycles. The summed E-state index contributed by atoms with van der Waals surface area (Å²) in [6.45, 7) is 0. The molecule has 1 fully saturated rings. The van der Waals surface area contributed by atoms with Crippen LogP contribution in [0.15, 0.2) is 59.6 Å². The monoisotopic (exact) mass is 334 g/mol. The number of hydrogen-bond acceptors (Lipinski definition) is 3. The summed E-state index contributed by atoms with van der Waals surface area (Å²) in [5, 5.41) is 2.83. The minimum absolute atomic E-state index is 0.0153. The second-order valence-electron chi connectivity index (χ2n) is 4.84. The first-order chi connectivity index (χ1) is 11.0. The van der Waals surface area contributed by atoms with E-state index >= 15 is 0 Å². The Morgan fingerprint density at radius 3 is 2.17 bits per heavy atom. The molecule has 3 rings (SSSR count). The van der Waals surface area contributed by atoms with Gasteiger partial charge in [0.1, 0.15) is 22.4 Å². The van der Waals surface area contributed by atoms with E-state index in [1.807, 2.05) is 0 Å². The molecule has 0 saturated carbocycles. The molecule has 1 aliphatic rings. The Hall–Kier alpha value is -2.54. The van der Waals surface area contributed by atoms with Gasteiger partial charge in [-0.05, 0) is 48.5 Å². The van der Waals surface area contributed by atoms with Gasteiger partial charge in [-0.2, -0.15) is 0 Å². The summed E-state index contributed by atoms with van der Waals surface area (Å²) in [5.41, 5.74) is 1.05. The van der Waals surface area contributed by atoms with E-state index in [0.717, 1.165) is 0 Å². The lowest BCUT2D eigenvalue weighted by molar-refractivity contribution is -0.114. The highest BCUT2D eigenvalue weighted by Gasteiger charge is 2.33. The molecule has 2 aromatic carbocycles. The lowest BCUT2D eigenvalue weighted by Crippen LogP contribution is -2.24. The molecule has 1 amide bonds. The second-order valence-corrected chi connectivity index (χ2v) is 6.23. The largest absolute Gasteiger partial charge is 0.360 e. The van der Waals surface area contributed by atoms with Gasteiger partial charge in [0.15, 0.2) is 0 Å². The molecule has 0 aromatic heterocycles. The van der Waals surface area contributed by atoms with E-state index in [0.29, 0.717) is 11.4 Å². The minimum atomic E-state index is -1.50. The van der Waals surface area contributed by atoms with Crippen LogP contribution in [0.1, 0.15) is 0 Å². The van der Waals surface area contributed by atoms with Gasteiger partial charge in [0.05, 0.1) is 10.8 Å². The molecule has 0 spiro atoms. The molecule has 1 atom stereocenters. The smallest absolute Gasteiger partial charge is 0.269 e. The lowest BCUT2D eigenvalue weighted by Gasteiger charge is -2.13. The predicted octanol–water partition coefficient (Wildman–Crippen LogP) is 2.97. The number of nitrogens with one attached hydrogen (secondary N) is 1. The van der Waals surface area contributed by atoms with Gasteiger partial charge in [0.25, 0.3) is 5.91 Å². The average molecular weight is 334 g/mol. The van der Waals surface area contributed by atoms with Crippen molar-refractivity contribution in [3.63, 3.8) is 0 Å². The van der Waals surface area contributed by atoms with E-state index < -0.39 is 22.5 Å². The summed E-state index contributed by atoms with van der Waals surface area (Å²) in [5.74, 6) is -1.17. The summed E-state index contributed by atoms with van der Waals surface area (Å²) >= 11 is 0. The van der Waals surface area contributed by atoms with E-state index in [2.05, 4.69) is 5.32 Å². The Morgan fingerprint density at radius 1 is 1.00 bits per heavy atom. The van der Waals surface area contributed by atoms with Crippen molar-refractivity contribution in [2.24, 2.45) is 0 Å². The fourth-order valence-electron chi connectivity index (χ4n) is 2.11. The molecular weight excluding hydrogens is 322 g/mol. The Bertz CT molecular complexity index is 789. The number of hydrogen-bond donors (Lipinski definition) is 1. The van der Waals surface area contributed by atoms with E-state index in [1.165, 1.54) is 59.6 Å². The quantitative estimate of drug-likeness (QED) is 0.878. The lowest BCUT2D eigenvalue weighted by atomic mass is 10.3. The maximum Gasteiger partial charge on any atom is 0.269 e. The van der Waals surface area contributed by atoms with Gasteiger partial charge in [0.2, 0.25) is 0 Å². The molecule has 1 heterocycles. The zero-order chi connectivity index (χ0) is 16.4. The topological polar surface area (TPSA) is 49.4 Å². The summed E-state index contributed by atoms with van der Waals surface area (Å²) < 4.78 is 37.9. The van der Waals surface area contributed by atoms with E-state index in [9.17, 15) is 17.8 Å². The number of halogens is 2. The van der Waals surface area contributed by atoms with E-state index in [1.54, 1.807) is 0 Å². The molecule has 4 nitrogen and oxygen atoms in total. The summed E-state index contributed by atoms with van der Waals surface area (Å²) in [6.07, 6.45) is 1.36. The number of benzene rings is 2. The van der Waals surface area contributed by atoms with Crippen LogP contribution in [0.25, 0.3) is 0 Å². The third-order valence-corrected chi connectivity index (χ3v) is 4.58. The number of rotatable bonds is 3. The number of amides is 1. The van der Waals surface area contributed by atoms with Gasteiger partial charge in [0, 0.05) is 17.6 Å². The maximum absolute atomic E-state index is 12.9. The van der Waals surface area contributed by atoms with Gasteiger partial charge in [-0.15, -0.1) is 0 Å². The van der Waals surface area contributed by atoms with Crippen molar-refractivity contribution < 1.29 is 17.8 Å². The molecule has 0 aliphatic carbocycles. The SMILES string of the molecule is O=C1/C(=C\Nc2ccc(F)cc2)[S@](=O)CN1c1ccc(F)cc1. The Kier molecular flexibility index (Phi) is 4.20. The van der Waals surface area contributed by atoms with Crippen molar-refractivity contribution in [3.8, 4) is 0 Å². The molecule has 0 unspecified atom stereocenters.